The van der Waals surface area contributed by atoms with Crippen LogP contribution in [0.15, 0.2) is 54.9 Å². The van der Waals surface area contributed by atoms with E-state index >= 15 is 0 Å². The van der Waals surface area contributed by atoms with Gasteiger partial charge >= 0.3 is 0 Å². The highest BCUT2D eigenvalue weighted by Gasteiger charge is 2.10. The van der Waals surface area contributed by atoms with Crippen LogP contribution in [0.3, 0.4) is 0 Å². The number of amides is 2. The molecule has 8 nitrogen and oxygen atoms in total. The first-order valence-corrected chi connectivity index (χ1v) is 7.70. The Morgan fingerprint density at radius 2 is 1.80 bits per heavy atom. The molecule has 0 bridgehead atoms. The van der Waals surface area contributed by atoms with Crippen LogP contribution in [-0.2, 0) is 0 Å². The van der Waals surface area contributed by atoms with Gasteiger partial charge in [0.15, 0.2) is 0 Å². The van der Waals surface area contributed by atoms with Crippen molar-refractivity contribution in [3.8, 4) is 5.69 Å². The normalized spacial score (nSPS) is 10.3. The van der Waals surface area contributed by atoms with Crippen LogP contribution < -0.4 is 10.6 Å². The van der Waals surface area contributed by atoms with Gasteiger partial charge in [0.1, 0.15) is 6.33 Å². The van der Waals surface area contributed by atoms with Crippen molar-refractivity contribution in [2.24, 2.45) is 0 Å². The van der Waals surface area contributed by atoms with Gasteiger partial charge in [0.2, 0.25) is 0 Å². The third-order valence-electron chi connectivity index (χ3n) is 3.44. The molecule has 2 amide bonds. The van der Waals surface area contributed by atoms with Gasteiger partial charge in [0, 0.05) is 23.4 Å². The highest BCUT2D eigenvalue weighted by atomic mass is 16.2. The van der Waals surface area contributed by atoms with Crippen molar-refractivity contribution in [1.29, 1.82) is 0 Å². The molecule has 2 aromatic carbocycles. The molecule has 0 aliphatic rings. The Labute approximate surface area is 143 Å². The number of hydrogen-bond acceptors (Lipinski definition) is 5. The molecule has 0 spiro atoms. The predicted molar refractivity (Wildman–Crippen MR) is 91.6 cm³/mol. The van der Waals surface area contributed by atoms with Crippen LogP contribution in [0.4, 0.5) is 5.69 Å². The minimum atomic E-state index is -0.289. The first-order valence-electron chi connectivity index (χ1n) is 7.70. The van der Waals surface area contributed by atoms with Gasteiger partial charge in [-0.15, -0.1) is 5.10 Å². The molecule has 0 saturated carbocycles. The van der Waals surface area contributed by atoms with Crippen molar-refractivity contribution in [3.05, 3.63) is 66.0 Å². The van der Waals surface area contributed by atoms with Crippen molar-refractivity contribution in [3.63, 3.8) is 0 Å². The highest BCUT2D eigenvalue weighted by Crippen LogP contribution is 2.14. The van der Waals surface area contributed by atoms with Crippen LogP contribution in [-0.4, -0.2) is 38.6 Å². The van der Waals surface area contributed by atoms with Gasteiger partial charge in [-0.25, -0.2) is 4.68 Å². The third-order valence-corrected chi connectivity index (χ3v) is 3.44. The summed E-state index contributed by atoms with van der Waals surface area (Å²) in [7, 11) is 0. The van der Waals surface area contributed by atoms with Gasteiger partial charge in [-0.1, -0.05) is 12.1 Å². The topological polar surface area (TPSA) is 102 Å². The van der Waals surface area contributed by atoms with Crippen LogP contribution in [0.2, 0.25) is 0 Å². The molecular weight excluding hydrogens is 320 g/mol. The number of nitrogens with zero attached hydrogens (tertiary/aromatic N) is 4. The first kappa shape index (κ1) is 16.3. The molecule has 3 rings (SSSR count). The van der Waals surface area contributed by atoms with Crippen LogP contribution in [0.1, 0.15) is 27.6 Å². The van der Waals surface area contributed by atoms with Crippen LogP contribution in [0.5, 0.6) is 0 Å². The number of carbonyl (C=O) groups is 2. The lowest BCUT2D eigenvalue weighted by Crippen LogP contribution is -2.22. The van der Waals surface area contributed by atoms with Crippen molar-refractivity contribution in [2.75, 3.05) is 11.9 Å². The average molecular weight is 336 g/mol. The van der Waals surface area contributed by atoms with E-state index in [4.69, 9.17) is 0 Å². The highest BCUT2D eigenvalue weighted by molar-refractivity contribution is 6.05. The number of anilines is 1. The smallest absolute Gasteiger partial charge is 0.255 e. The van der Waals surface area contributed by atoms with Gasteiger partial charge in [-0.05, 0) is 53.7 Å². The van der Waals surface area contributed by atoms with Crippen molar-refractivity contribution in [1.82, 2.24) is 25.5 Å². The summed E-state index contributed by atoms with van der Waals surface area (Å²) >= 11 is 0. The van der Waals surface area contributed by atoms with Crippen molar-refractivity contribution in [2.45, 2.75) is 6.92 Å². The maximum Gasteiger partial charge on any atom is 0.255 e. The molecule has 0 fully saturated rings. The van der Waals surface area contributed by atoms with E-state index in [1.54, 1.807) is 48.5 Å². The van der Waals surface area contributed by atoms with Gasteiger partial charge in [0.25, 0.3) is 11.8 Å². The molecule has 2 N–H and O–H groups in total. The molecule has 8 heteroatoms. The summed E-state index contributed by atoms with van der Waals surface area (Å²) in [5.74, 6) is -0.470. The summed E-state index contributed by atoms with van der Waals surface area (Å²) in [4.78, 5) is 24.4. The second-order valence-electron chi connectivity index (χ2n) is 5.20. The Hall–Kier alpha value is -3.55. The molecule has 1 heterocycles. The second-order valence-corrected chi connectivity index (χ2v) is 5.20. The number of carbonyl (C=O) groups excluding carboxylic acids is 2. The monoisotopic (exact) mass is 336 g/mol. The minimum Gasteiger partial charge on any atom is -0.352 e. The molecule has 0 saturated heterocycles. The standard InChI is InChI=1S/C17H16N6O2/c1-2-18-16(24)12-5-3-7-14(9-12)20-17(25)13-6-4-8-15(10-13)23-11-19-21-22-23/h3-11H,2H2,1H3,(H,18,24)(H,20,25). The fraction of sp³-hybridized carbons (Fsp3) is 0.118. The lowest BCUT2D eigenvalue weighted by atomic mass is 10.1. The van der Waals surface area contributed by atoms with E-state index in [0.29, 0.717) is 29.0 Å². The molecule has 0 atom stereocenters. The molecule has 25 heavy (non-hydrogen) atoms. The quantitative estimate of drug-likeness (QED) is 0.738. The number of tetrazole rings is 1. The Balaban J connectivity index is 1.78. The zero-order chi connectivity index (χ0) is 17.6. The molecular formula is C17H16N6O2. The van der Waals surface area contributed by atoms with Crippen LogP contribution in [0, 0.1) is 0 Å². The SMILES string of the molecule is CCNC(=O)c1cccc(NC(=O)c2cccc(-n3cnnn3)c2)c1. The Morgan fingerprint density at radius 1 is 1.04 bits per heavy atom. The Bertz CT molecular complexity index is 892. The maximum absolute atomic E-state index is 12.5. The first-order chi connectivity index (χ1) is 12.2. The average Bonchev–Trinajstić information content (AvgIpc) is 3.17. The Morgan fingerprint density at radius 3 is 2.52 bits per heavy atom. The van der Waals surface area contributed by atoms with Gasteiger partial charge in [0.05, 0.1) is 5.69 Å². The summed E-state index contributed by atoms with van der Waals surface area (Å²) < 4.78 is 1.46. The second kappa shape index (κ2) is 7.35. The zero-order valence-corrected chi connectivity index (χ0v) is 13.5. The number of aromatic nitrogens is 4. The molecule has 3 aromatic rings. The largest absolute Gasteiger partial charge is 0.352 e. The Kier molecular flexibility index (Phi) is 4.79. The van der Waals surface area contributed by atoms with Gasteiger partial charge < -0.3 is 10.6 Å². The van der Waals surface area contributed by atoms with Crippen LogP contribution in [0.25, 0.3) is 5.69 Å². The molecule has 126 valence electrons. The van der Waals surface area contributed by atoms with E-state index in [-0.39, 0.29) is 11.8 Å². The van der Waals surface area contributed by atoms with Crippen LogP contribution >= 0.6 is 0 Å². The van der Waals surface area contributed by atoms with E-state index in [1.165, 1.54) is 11.0 Å². The number of benzene rings is 2. The zero-order valence-electron chi connectivity index (χ0n) is 13.5. The molecule has 0 radical (unpaired) electrons. The summed E-state index contributed by atoms with van der Waals surface area (Å²) in [6, 6.07) is 13.7. The molecule has 0 unspecified atom stereocenters. The third kappa shape index (κ3) is 3.86. The van der Waals surface area contributed by atoms with Crippen molar-refractivity contribution < 1.29 is 9.59 Å². The molecule has 0 aliphatic carbocycles. The summed E-state index contributed by atoms with van der Waals surface area (Å²) in [6.07, 6.45) is 1.45. The molecule has 0 aliphatic heterocycles. The minimum absolute atomic E-state index is 0.181. The lowest BCUT2D eigenvalue weighted by molar-refractivity contribution is 0.0954. The number of hydrogen-bond donors (Lipinski definition) is 2. The van der Waals surface area contributed by atoms with E-state index in [0.717, 1.165) is 0 Å². The van der Waals surface area contributed by atoms with E-state index < -0.39 is 0 Å². The van der Waals surface area contributed by atoms with Crippen molar-refractivity contribution >= 4 is 17.5 Å². The lowest BCUT2D eigenvalue weighted by Gasteiger charge is -2.08. The summed E-state index contributed by atoms with van der Waals surface area (Å²) in [6.45, 7) is 2.39. The van der Waals surface area contributed by atoms with Gasteiger partial charge in [-0.2, -0.15) is 0 Å². The number of nitrogens with one attached hydrogen (secondary N) is 2. The fourth-order valence-electron chi connectivity index (χ4n) is 2.27. The maximum atomic E-state index is 12.5. The predicted octanol–water partition coefficient (Wildman–Crippen LogP) is 1.66. The van der Waals surface area contributed by atoms with E-state index in [1.807, 2.05) is 6.92 Å². The summed E-state index contributed by atoms with van der Waals surface area (Å²) in [5, 5.41) is 16.5. The summed E-state index contributed by atoms with van der Waals surface area (Å²) in [5.41, 5.74) is 2.16. The van der Waals surface area contributed by atoms with Gasteiger partial charge in [-0.3, -0.25) is 9.59 Å². The fourth-order valence-corrected chi connectivity index (χ4v) is 2.27. The number of rotatable bonds is 5. The van der Waals surface area contributed by atoms with E-state index in [2.05, 4.69) is 26.2 Å². The van der Waals surface area contributed by atoms with E-state index in [9.17, 15) is 9.59 Å². The molecule has 1 aromatic heterocycles.